The van der Waals surface area contributed by atoms with Crippen LogP contribution in [0.5, 0.6) is 0 Å². The molecule has 3 unspecified atom stereocenters. The van der Waals surface area contributed by atoms with Crippen molar-refractivity contribution in [3.8, 4) is 0 Å². The van der Waals surface area contributed by atoms with E-state index in [2.05, 4.69) is 34.5 Å². The van der Waals surface area contributed by atoms with Gasteiger partial charge in [-0.15, -0.1) is 0 Å². The number of aliphatic hydroxyl groups is 1. The molecule has 3 fully saturated rings. The molecule has 3 N–H and O–H groups in total. The molecule has 8 heteroatoms. The van der Waals surface area contributed by atoms with Crippen molar-refractivity contribution in [2.24, 2.45) is 5.92 Å². The molecule has 1 amide bonds. The quantitative estimate of drug-likeness (QED) is 0.671. The van der Waals surface area contributed by atoms with Gasteiger partial charge in [-0.2, -0.15) is 0 Å². The first-order chi connectivity index (χ1) is 14.5. The van der Waals surface area contributed by atoms with E-state index < -0.39 is 6.10 Å². The van der Waals surface area contributed by atoms with Gasteiger partial charge in [-0.3, -0.25) is 15.1 Å². The number of piperazine rings is 1. The van der Waals surface area contributed by atoms with Crippen LogP contribution in [0, 0.1) is 11.7 Å². The number of β-amino-alcohol motifs (C(OH)–C–C–N with tert-alkyl or cyclic N) is 1. The highest BCUT2D eigenvalue weighted by Crippen LogP contribution is 2.25. The average molecular weight is 420 g/mol. The van der Waals surface area contributed by atoms with Crippen LogP contribution in [0.1, 0.15) is 26.7 Å². The number of para-hydroxylation sites is 1. The minimum Gasteiger partial charge on any atom is -0.390 e. The van der Waals surface area contributed by atoms with E-state index >= 15 is 0 Å². The molecule has 1 aromatic carbocycles. The lowest BCUT2D eigenvalue weighted by Crippen LogP contribution is -2.61. The number of amides is 1. The monoisotopic (exact) mass is 419 g/mol. The first-order valence-corrected chi connectivity index (χ1v) is 11.2. The number of benzene rings is 1. The van der Waals surface area contributed by atoms with Crippen LogP contribution >= 0.6 is 0 Å². The molecule has 1 aromatic rings. The van der Waals surface area contributed by atoms with Crippen molar-refractivity contribution in [2.45, 2.75) is 50.9 Å². The Bertz CT molecular complexity index is 742. The summed E-state index contributed by atoms with van der Waals surface area (Å²) in [6.07, 6.45) is 1.18. The van der Waals surface area contributed by atoms with Gasteiger partial charge in [0.2, 0.25) is 5.91 Å². The molecular formula is C22H34FN5O2. The van der Waals surface area contributed by atoms with Crippen molar-refractivity contribution in [2.75, 3.05) is 44.2 Å². The summed E-state index contributed by atoms with van der Waals surface area (Å²) in [6.45, 7) is 8.29. The number of likely N-dealkylation sites (tertiary alicyclic amines) is 1. The minimum absolute atomic E-state index is 0.0484. The lowest BCUT2D eigenvalue weighted by atomic mass is 9.92. The van der Waals surface area contributed by atoms with Crippen molar-refractivity contribution in [3.05, 3.63) is 30.1 Å². The van der Waals surface area contributed by atoms with Gasteiger partial charge in [0.05, 0.1) is 11.8 Å². The summed E-state index contributed by atoms with van der Waals surface area (Å²) < 4.78 is 14.1. The molecule has 30 heavy (non-hydrogen) atoms. The van der Waals surface area contributed by atoms with Crippen LogP contribution in [-0.2, 0) is 4.79 Å². The second-order valence-corrected chi connectivity index (χ2v) is 8.82. The molecule has 5 atom stereocenters. The molecular weight excluding hydrogens is 385 g/mol. The Hall–Kier alpha value is -1.74. The van der Waals surface area contributed by atoms with Crippen LogP contribution in [0.2, 0.25) is 0 Å². The number of carbonyl (C=O) groups excluding carboxylic acids is 1. The molecule has 3 saturated heterocycles. The Labute approximate surface area is 178 Å². The third-order valence-corrected chi connectivity index (χ3v) is 7.13. The fourth-order valence-electron chi connectivity index (χ4n) is 5.20. The highest BCUT2D eigenvalue weighted by atomic mass is 19.1. The molecule has 166 valence electrons. The van der Waals surface area contributed by atoms with Gasteiger partial charge >= 0.3 is 0 Å². The minimum atomic E-state index is -0.561. The Morgan fingerprint density at radius 1 is 1.17 bits per heavy atom. The molecule has 0 aromatic heterocycles. The molecule has 0 radical (unpaired) electrons. The van der Waals surface area contributed by atoms with Crippen LogP contribution in [0.25, 0.3) is 0 Å². The Balaban J connectivity index is 1.30. The molecule has 3 aliphatic rings. The smallest absolute Gasteiger partial charge is 0.241 e. The SMILES string of the molecule is CCC1NNC(C(=O)N2CC[C@H](N3CCN(c4ccccc4F)CC3)[C@@H](O)C2)C1C. The van der Waals surface area contributed by atoms with Crippen LogP contribution < -0.4 is 15.8 Å². The van der Waals surface area contributed by atoms with Gasteiger partial charge in [-0.25, -0.2) is 9.82 Å². The molecule has 7 nitrogen and oxygen atoms in total. The number of hydrazine groups is 1. The highest BCUT2D eigenvalue weighted by molar-refractivity contribution is 5.82. The average Bonchev–Trinajstić information content (AvgIpc) is 3.14. The van der Waals surface area contributed by atoms with Crippen LogP contribution in [0.4, 0.5) is 10.1 Å². The maximum Gasteiger partial charge on any atom is 0.241 e. The predicted molar refractivity (Wildman–Crippen MR) is 114 cm³/mol. The van der Waals surface area contributed by atoms with Gasteiger partial charge in [0, 0.05) is 51.4 Å². The number of hydrogen-bond donors (Lipinski definition) is 3. The molecule has 3 aliphatic heterocycles. The summed E-state index contributed by atoms with van der Waals surface area (Å²) in [5.41, 5.74) is 7.02. The van der Waals surface area contributed by atoms with E-state index in [1.54, 1.807) is 6.07 Å². The Morgan fingerprint density at radius 3 is 2.53 bits per heavy atom. The second-order valence-electron chi connectivity index (χ2n) is 8.82. The standard InChI is InChI=1S/C22H34FN5O2/c1-3-17-15(2)21(25-24-17)22(30)28-9-8-19(20(29)14-28)27-12-10-26(11-13-27)18-7-5-4-6-16(18)23/h4-7,15,17,19-21,24-25,29H,3,8-14H2,1-2H3/t15?,17?,19-,20-,21?/m0/s1. The van der Waals surface area contributed by atoms with Gasteiger partial charge < -0.3 is 14.9 Å². The number of carbonyl (C=O) groups is 1. The molecule has 0 saturated carbocycles. The van der Waals surface area contributed by atoms with Crippen molar-refractivity contribution < 1.29 is 14.3 Å². The topological polar surface area (TPSA) is 71.1 Å². The predicted octanol–water partition coefficient (Wildman–Crippen LogP) is 0.801. The summed E-state index contributed by atoms with van der Waals surface area (Å²) in [4.78, 5) is 19.2. The first kappa shape index (κ1) is 21.5. The number of aliphatic hydroxyl groups excluding tert-OH is 1. The van der Waals surface area contributed by atoms with E-state index in [0.717, 1.165) is 39.0 Å². The zero-order valence-corrected chi connectivity index (χ0v) is 17.9. The van der Waals surface area contributed by atoms with Gasteiger partial charge in [0.1, 0.15) is 11.9 Å². The van der Waals surface area contributed by atoms with E-state index in [4.69, 9.17) is 0 Å². The Kier molecular flexibility index (Phi) is 6.57. The number of anilines is 1. The summed E-state index contributed by atoms with van der Waals surface area (Å²) in [5.74, 6) is 0.115. The number of halogens is 1. The number of nitrogens with zero attached hydrogens (tertiary/aromatic N) is 3. The summed E-state index contributed by atoms with van der Waals surface area (Å²) in [6, 6.07) is 7.00. The molecule has 0 aliphatic carbocycles. The van der Waals surface area contributed by atoms with E-state index in [1.165, 1.54) is 6.07 Å². The summed E-state index contributed by atoms with van der Waals surface area (Å²) >= 11 is 0. The number of rotatable bonds is 4. The molecule has 4 rings (SSSR count). The van der Waals surface area contributed by atoms with Gasteiger partial charge in [-0.1, -0.05) is 26.0 Å². The van der Waals surface area contributed by atoms with Crippen molar-refractivity contribution in [1.82, 2.24) is 20.7 Å². The number of piperidine rings is 1. The fraction of sp³-hybridized carbons (Fsp3) is 0.682. The number of nitrogens with one attached hydrogen (secondary N) is 2. The molecule has 0 bridgehead atoms. The zero-order valence-electron chi connectivity index (χ0n) is 17.9. The fourth-order valence-corrected chi connectivity index (χ4v) is 5.20. The maximum absolute atomic E-state index is 14.1. The molecule has 3 heterocycles. The Morgan fingerprint density at radius 2 is 1.90 bits per heavy atom. The van der Waals surface area contributed by atoms with Gasteiger partial charge in [0.15, 0.2) is 0 Å². The molecule has 0 spiro atoms. The van der Waals surface area contributed by atoms with E-state index in [0.29, 0.717) is 24.8 Å². The van der Waals surface area contributed by atoms with E-state index in [9.17, 15) is 14.3 Å². The van der Waals surface area contributed by atoms with Crippen LogP contribution in [0.3, 0.4) is 0 Å². The van der Waals surface area contributed by atoms with Crippen LogP contribution in [0.15, 0.2) is 24.3 Å². The number of hydrogen-bond acceptors (Lipinski definition) is 6. The first-order valence-electron chi connectivity index (χ1n) is 11.2. The third kappa shape index (κ3) is 4.19. The summed E-state index contributed by atoms with van der Waals surface area (Å²) in [7, 11) is 0. The highest BCUT2D eigenvalue weighted by Gasteiger charge is 2.41. The largest absolute Gasteiger partial charge is 0.390 e. The van der Waals surface area contributed by atoms with E-state index in [1.807, 2.05) is 17.0 Å². The van der Waals surface area contributed by atoms with E-state index in [-0.39, 0.29) is 29.7 Å². The van der Waals surface area contributed by atoms with Gasteiger partial charge in [-0.05, 0) is 30.9 Å². The lowest BCUT2D eigenvalue weighted by Gasteiger charge is -2.45. The third-order valence-electron chi connectivity index (χ3n) is 7.13. The summed E-state index contributed by atoms with van der Waals surface area (Å²) in [5, 5.41) is 10.8. The van der Waals surface area contributed by atoms with Crippen molar-refractivity contribution in [1.29, 1.82) is 0 Å². The zero-order chi connectivity index (χ0) is 21.3. The van der Waals surface area contributed by atoms with Crippen molar-refractivity contribution >= 4 is 11.6 Å². The lowest BCUT2D eigenvalue weighted by molar-refractivity contribution is -0.139. The van der Waals surface area contributed by atoms with Crippen molar-refractivity contribution in [3.63, 3.8) is 0 Å². The van der Waals surface area contributed by atoms with Crippen LogP contribution in [-0.4, -0.2) is 84.3 Å². The maximum atomic E-state index is 14.1. The van der Waals surface area contributed by atoms with Gasteiger partial charge in [0.25, 0.3) is 0 Å². The second kappa shape index (κ2) is 9.18. The normalized spacial score (nSPS) is 33.1.